The van der Waals surface area contributed by atoms with E-state index in [0.717, 1.165) is 22.9 Å². The topological polar surface area (TPSA) is 29.1 Å². The quantitative estimate of drug-likeness (QED) is 0.729. The van der Waals surface area contributed by atoms with Crippen molar-refractivity contribution in [3.8, 4) is 0 Å². The molecule has 0 bridgehead atoms. The maximum Gasteiger partial charge on any atom is 0.220 e. The van der Waals surface area contributed by atoms with Crippen molar-refractivity contribution in [2.24, 2.45) is 0 Å². The van der Waals surface area contributed by atoms with E-state index >= 15 is 0 Å². The Kier molecular flexibility index (Phi) is 7.34. The van der Waals surface area contributed by atoms with Crippen molar-refractivity contribution in [3.05, 3.63) is 70.7 Å². The predicted molar refractivity (Wildman–Crippen MR) is 95.4 cm³/mol. The zero-order valence-electron chi connectivity index (χ0n) is 12.4. The lowest BCUT2D eigenvalue weighted by atomic mass is 10.1. The molecule has 2 rings (SSSR count). The Morgan fingerprint density at radius 3 is 2.59 bits per heavy atom. The number of rotatable bonds is 8. The molecule has 0 radical (unpaired) electrons. The van der Waals surface area contributed by atoms with Gasteiger partial charge in [0.05, 0.1) is 0 Å². The molecule has 0 saturated carbocycles. The van der Waals surface area contributed by atoms with Gasteiger partial charge in [0.15, 0.2) is 0 Å². The molecule has 0 heterocycles. The fraction of sp³-hybridized carbons (Fsp3) is 0.278. The number of carbonyl (C=O) groups is 1. The second-order valence-electron chi connectivity index (χ2n) is 5.02. The number of hydrogen-bond donors (Lipinski definition) is 1. The van der Waals surface area contributed by atoms with Crippen LogP contribution in [0.3, 0.4) is 0 Å². The molecule has 0 saturated heterocycles. The van der Waals surface area contributed by atoms with Gasteiger partial charge in [0.2, 0.25) is 5.91 Å². The van der Waals surface area contributed by atoms with Gasteiger partial charge in [-0.3, -0.25) is 4.79 Å². The fourth-order valence-electron chi connectivity index (χ4n) is 2.06. The van der Waals surface area contributed by atoms with Crippen LogP contribution in [0, 0.1) is 0 Å². The first-order chi connectivity index (χ1) is 10.7. The molecule has 0 aromatic heterocycles. The molecule has 1 N–H and O–H groups in total. The van der Waals surface area contributed by atoms with E-state index < -0.39 is 0 Å². The maximum absolute atomic E-state index is 11.8. The molecule has 0 atom stereocenters. The lowest BCUT2D eigenvalue weighted by Gasteiger charge is -2.06. The van der Waals surface area contributed by atoms with Gasteiger partial charge >= 0.3 is 0 Å². The Morgan fingerprint density at radius 2 is 1.82 bits per heavy atom. The van der Waals surface area contributed by atoms with Crippen LogP contribution in [-0.4, -0.2) is 18.2 Å². The summed E-state index contributed by atoms with van der Waals surface area (Å²) in [6.07, 6.45) is 1.43. The van der Waals surface area contributed by atoms with E-state index in [1.807, 2.05) is 36.4 Å². The van der Waals surface area contributed by atoms with Crippen LogP contribution in [0.15, 0.2) is 54.6 Å². The van der Waals surface area contributed by atoms with Gasteiger partial charge in [-0.1, -0.05) is 54.1 Å². The Balaban J connectivity index is 1.56. The number of halogens is 1. The van der Waals surface area contributed by atoms with Gasteiger partial charge in [-0.2, -0.15) is 11.8 Å². The molecule has 116 valence electrons. The Morgan fingerprint density at radius 1 is 1.05 bits per heavy atom. The summed E-state index contributed by atoms with van der Waals surface area (Å²) in [6, 6.07) is 18.0. The SMILES string of the molecule is O=C(CCSCc1cccc(Cl)c1)NCCc1ccccc1. The number of thioether (sulfide) groups is 1. The summed E-state index contributed by atoms with van der Waals surface area (Å²) >= 11 is 7.70. The minimum Gasteiger partial charge on any atom is -0.356 e. The first kappa shape index (κ1) is 16.9. The van der Waals surface area contributed by atoms with Crippen molar-refractivity contribution >= 4 is 29.3 Å². The molecular formula is C18H20ClNOS. The Hall–Kier alpha value is -1.45. The fourth-order valence-corrected chi connectivity index (χ4v) is 3.16. The summed E-state index contributed by atoms with van der Waals surface area (Å²) < 4.78 is 0. The molecule has 0 aliphatic rings. The molecule has 0 aliphatic carbocycles. The van der Waals surface area contributed by atoms with Crippen LogP contribution in [-0.2, 0) is 17.0 Å². The van der Waals surface area contributed by atoms with Crippen LogP contribution in [0.25, 0.3) is 0 Å². The van der Waals surface area contributed by atoms with Gasteiger partial charge in [-0.15, -0.1) is 0 Å². The standard InChI is InChI=1S/C18H20ClNOS/c19-17-8-4-7-16(13-17)14-22-12-10-18(21)20-11-9-15-5-2-1-3-6-15/h1-8,13H,9-12,14H2,(H,20,21). The summed E-state index contributed by atoms with van der Waals surface area (Å²) in [7, 11) is 0. The highest BCUT2D eigenvalue weighted by Gasteiger charge is 2.02. The average Bonchev–Trinajstić information content (AvgIpc) is 2.53. The number of benzene rings is 2. The van der Waals surface area contributed by atoms with Crippen LogP contribution < -0.4 is 5.32 Å². The van der Waals surface area contributed by atoms with Gasteiger partial charge < -0.3 is 5.32 Å². The highest BCUT2D eigenvalue weighted by molar-refractivity contribution is 7.98. The zero-order valence-corrected chi connectivity index (χ0v) is 14.0. The van der Waals surface area contributed by atoms with E-state index in [4.69, 9.17) is 11.6 Å². The summed E-state index contributed by atoms with van der Waals surface area (Å²) in [5.41, 5.74) is 2.44. The molecule has 0 unspecified atom stereocenters. The van der Waals surface area contributed by atoms with Gasteiger partial charge in [0.25, 0.3) is 0 Å². The maximum atomic E-state index is 11.8. The van der Waals surface area contributed by atoms with E-state index in [1.54, 1.807) is 11.8 Å². The van der Waals surface area contributed by atoms with E-state index in [-0.39, 0.29) is 5.91 Å². The van der Waals surface area contributed by atoms with Crippen molar-refractivity contribution < 1.29 is 4.79 Å². The van der Waals surface area contributed by atoms with Crippen molar-refractivity contribution in [2.75, 3.05) is 12.3 Å². The molecule has 22 heavy (non-hydrogen) atoms. The molecular weight excluding hydrogens is 314 g/mol. The molecule has 0 spiro atoms. The molecule has 0 fully saturated rings. The summed E-state index contributed by atoms with van der Waals surface area (Å²) in [5, 5.41) is 3.73. The zero-order chi connectivity index (χ0) is 15.6. The van der Waals surface area contributed by atoms with Crippen LogP contribution in [0.1, 0.15) is 17.5 Å². The largest absolute Gasteiger partial charge is 0.356 e. The second kappa shape index (κ2) is 9.54. The summed E-state index contributed by atoms with van der Waals surface area (Å²) in [4.78, 5) is 11.8. The normalized spacial score (nSPS) is 10.4. The van der Waals surface area contributed by atoms with Gasteiger partial charge in [0, 0.05) is 29.5 Å². The monoisotopic (exact) mass is 333 g/mol. The van der Waals surface area contributed by atoms with Crippen molar-refractivity contribution in [1.82, 2.24) is 5.32 Å². The van der Waals surface area contributed by atoms with E-state index in [1.165, 1.54) is 11.1 Å². The molecule has 2 nitrogen and oxygen atoms in total. The van der Waals surface area contributed by atoms with E-state index in [9.17, 15) is 4.79 Å². The highest BCUT2D eigenvalue weighted by Crippen LogP contribution is 2.16. The van der Waals surface area contributed by atoms with Gasteiger partial charge in [-0.05, 0) is 29.7 Å². The number of amides is 1. The van der Waals surface area contributed by atoms with Crippen molar-refractivity contribution in [1.29, 1.82) is 0 Å². The lowest BCUT2D eigenvalue weighted by molar-refractivity contribution is -0.120. The average molecular weight is 334 g/mol. The minimum atomic E-state index is 0.120. The Labute approximate surface area is 141 Å². The number of nitrogens with one attached hydrogen (secondary N) is 1. The third-order valence-corrected chi connectivity index (χ3v) is 4.48. The Bertz CT molecular complexity index is 589. The molecule has 1 amide bonds. The summed E-state index contributed by atoms with van der Waals surface area (Å²) in [6.45, 7) is 0.696. The highest BCUT2D eigenvalue weighted by atomic mass is 35.5. The predicted octanol–water partition coefficient (Wildman–Crippen LogP) is 4.32. The van der Waals surface area contributed by atoms with Gasteiger partial charge in [-0.25, -0.2) is 0 Å². The second-order valence-corrected chi connectivity index (χ2v) is 6.56. The molecule has 0 aliphatic heterocycles. The summed E-state index contributed by atoms with van der Waals surface area (Å²) in [5.74, 6) is 1.83. The first-order valence-corrected chi connectivity index (χ1v) is 8.90. The smallest absolute Gasteiger partial charge is 0.220 e. The van der Waals surface area contributed by atoms with Crippen molar-refractivity contribution in [3.63, 3.8) is 0 Å². The number of hydrogen-bond acceptors (Lipinski definition) is 2. The van der Waals surface area contributed by atoms with E-state index in [2.05, 4.69) is 23.5 Å². The van der Waals surface area contributed by atoms with Crippen LogP contribution in [0.5, 0.6) is 0 Å². The van der Waals surface area contributed by atoms with Gasteiger partial charge in [0.1, 0.15) is 0 Å². The van der Waals surface area contributed by atoms with Crippen LogP contribution in [0.2, 0.25) is 5.02 Å². The van der Waals surface area contributed by atoms with Crippen LogP contribution in [0.4, 0.5) is 0 Å². The molecule has 2 aromatic rings. The molecule has 2 aromatic carbocycles. The first-order valence-electron chi connectivity index (χ1n) is 7.37. The third-order valence-electron chi connectivity index (χ3n) is 3.21. The van der Waals surface area contributed by atoms with Crippen molar-refractivity contribution in [2.45, 2.75) is 18.6 Å². The number of carbonyl (C=O) groups excluding carboxylic acids is 1. The third kappa shape index (κ3) is 6.54. The van der Waals surface area contributed by atoms with Crippen LogP contribution >= 0.6 is 23.4 Å². The minimum absolute atomic E-state index is 0.120. The lowest BCUT2D eigenvalue weighted by Crippen LogP contribution is -2.25. The molecule has 4 heteroatoms. The van der Waals surface area contributed by atoms with E-state index in [0.29, 0.717) is 13.0 Å².